The van der Waals surface area contributed by atoms with Gasteiger partial charge >= 0.3 is 5.97 Å². The molecule has 0 N–H and O–H groups in total. The largest absolute Gasteiger partial charge is 0.465 e. The maximum absolute atomic E-state index is 11.9. The smallest absolute Gasteiger partial charge is 0.320 e. The monoisotopic (exact) mass is 264 g/mol. The SMILES string of the molecule is CCC(C)n1ccc(CC2(C(C)=O)CCOC2=O)n1. The zero-order chi connectivity index (χ0) is 14.0. The van der Waals surface area contributed by atoms with Gasteiger partial charge in [0.25, 0.3) is 0 Å². The van der Waals surface area contributed by atoms with Crippen LogP contribution in [0.3, 0.4) is 0 Å². The first kappa shape index (κ1) is 13.8. The van der Waals surface area contributed by atoms with Gasteiger partial charge in [0, 0.05) is 25.1 Å². The van der Waals surface area contributed by atoms with Crippen LogP contribution < -0.4 is 0 Å². The normalized spacial score (nSPS) is 24.3. The van der Waals surface area contributed by atoms with Crippen molar-refractivity contribution in [2.24, 2.45) is 5.41 Å². The van der Waals surface area contributed by atoms with Gasteiger partial charge < -0.3 is 4.74 Å². The van der Waals surface area contributed by atoms with Crippen LogP contribution in [-0.4, -0.2) is 28.1 Å². The van der Waals surface area contributed by atoms with E-state index in [2.05, 4.69) is 18.9 Å². The molecule has 19 heavy (non-hydrogen) atoms. The lowest BCUT2D eigenvalue weighted by Gasteiger charge is -2.19. The molecule has 1 aliphatic heterocycles. The molecule has 1 aromatic heterocycles. The highest BCUT2D eigenvalue weighted by atomic mass is 16.5. The number of carbonyl (C=O) groups excluding carboxylic acids is 2. The molecule has 0 radical (unpaired) electrons. The number of esters is 1. The number of hydrogen-bond donors (Lipinski definition) is 0. The third-order valence-electron chi connectivity index (χ3n) is 4.02. The number of ketones is 1. The standard InChI is InChI=1S/C14H20N2O3/c1-4-10(2)16-7-5-12(15-16)9-14(11(3)17)6-8-19-13(14)18/h5,7,10H,4,6,8-9H2,1-3H3. The van der Waals surface area contributed by atoms with Crippen LogP contribution >= 0.6 is 0 Å². The first-order valence-corrected chi connectivity index (χ1v) is 6.72. The second-order valence-corrected chi connectivity index (χ2v) is 5.25. The van der Waals surface area contributed by atoms with Crippen LogP contribution in [0.1, 0.15) is 45.3 Å². The minimum Gasteiger partial charge on any atom is -0.465 e. The van der Waals surface area contributed by atoms with E-state index in [1.807, 2.05) is 16.9 Å². The van der Waals surface area contributed by atoms with Gasteiger partial charge in [-0.05, 0) is 26.3 Å². The topological polar surface area (TPSA) is 61.2 Å². The lowest BCUT2D eigenvalue weighted by molar-refractivity contribution is -0.150. The van der Waals surface area contributed by atoms with E-state index in [0.29, 0.717) is 25.5 Å². The highest BCUT2D eigenvalue weighted by Crippen LogP contribution is 2.34. The van der Waals surface area contributed by atoms with Crippen molar-refractivity contribution >= 4 is 11.8 Å². The molecule has 2 heterocycles. The second-order valence-electron chi connectivity index (χ2n) is 5.25. The molecule has 5 nitrogen and oxygen atoms in total. The minimum absolute atomic E-state index is 0.131. The third-order valence-corrected chi connectivity index (χ3v) is 4.02. The molecule has 0 spiro atoms. The Hall–Kier alpha value is -1.65. The molecule has 1 fully saturated rings. The summed E-state index contributed by atoms with van der Waals surface area (Å²) in [7, 11) is 0. The van der Waals surface area contributed by atoms with E-state index in [9.17, 15) is 9.59 Å². The van der Waals surface area contributed by atoms with E-state index in [1.165, 1.54) is 6.92 Å². The first-order valence-electron chi connectivity index (χ1n) is 6.72. The van der Waals surface area contributed by atoms with E-state index in [1.54, 1.807) is 0 Å². The van der Waals surface area contributed by atoms with Gasteiger partial charge in [-0.25, -0.2) is 0 Å². The van der Waals surface area contributed by atoms with Crippen LogP contribution in [-0.2, 0) is 20.7 Å². The number of carbonyl (C=O) groups is 2. The van der Waals surface area contributed by atoms with E-state index < -0.39 is 11.4 Å². The molecule has 0 amide bonds. The second kappa shape index (κ2) is 5.15. The van der Waals surface area contributed by atoms with E-state index in [-0.39, 0.29) is 5.78 Å². The van der Waals surface area contributed by atoms with Gasteiger partial charge in [0.05, 0.1) is 12.3 Å². The Bertz CT molecular complexity index is 495. The van der Waals surface area contributed by atoms with Gasteiger partial charge in [-0.1, -0.05) is 6.92 Å². The highest BCUT2D eigenvalue weighted by Gasteiger charge is 2.49. The molecular weight excluding hydrogens is 244 g/mol. The maximum atomic E-state index is 11.9. The summed E-state index contributed by atoms with van der Waals surface area (Å²) in [6.07, 6.45) is 3.68. The summed E-state index contributed by atoms with van der Waals surface area (Å²) in [4.78, 5) is 23.7. The summed E-state index contributed by atoms with van der Waals surface area (Å²) >= 11 is 0. The van der Waals surface area contributed by atoms with E-state index in [0.717, 1.165) is 12.1 Å². The third kappa shape index (κ3) is 2.41. The fourth-order valence-corrected chi connectivity index (χ4v) is 2.38. The van der Waals surface area contributed by atoms with Crippen molar-refractivity contribution in [3.63, 3.8) is 0 Å². The molecule has 1 saturated heterocycles. The summed E-state index contributed by atoms with van der Waals surface area (Å²) in [5.41, 5.74) is -0.247. The lowest BCUT2D eigenvalue weighted by Crippen LogP contribution is -2.36. The highest BCUT2D eigenvalue weighted by molar-refractivity contribution is 6.03. The minimum atomic E-state index is -1.02. The van der Waals surface area contributed by atoms with Crippen LogP contribution in [0.4, 0.5) is 0 Å². The summed E-state index contributed by atoms with van der Waals surface area (Å²) in [5, 5.41) is 4.46. The first-order chi connectivity index (χ1) is 8.99. The molecule has 0 aliphatic carbocycles. The van der Waals surface area contributed by atoms with Gasteiger partial charge in [0.1, 0.15) is 11.2 Å². The van der Waals surface area contributed by atoms with Crippen molar-refractivity contribution in [1.82, 2.24) is 9.78 Å². The molecule has 104 valence electrons. The number of Topliss-reactive ketones (excluding diaryl/α,β-unsaturated/α-hetero) is 1. The Morgan fingerprint density at radius 2 is 2.37 bits per heavy atom. The molecule has 5 heteroatoms. The molecular formula is C14H20N2O3. The van der Waals surface area contributed by atoms with Gasteiger partial charge in [-0.15, -0.1) is 0 Å². The predicted octanol–water partition coefficient (Wildman–Crippen LogP) is 1.92. The summed E-state index contributed by atoms with van der Waals surface area (Å²) < 4.78 is 6.86. The molecule has 2 atom stereocenters. The van der Waals surface area contributed by atoms with Gasteiger partial charge in [0.15, 0.2) is 0 Å². The quantitative estimate of drug-likeness (QED) is 0.602. The van der Waals surface area contributed by atoms with Crippen molar-refractivity contribution in [2.75, 3.05) is 6.61 Å². The molecule has 0 saturated carbocycles. The van der Waals surface area contributed by atoms with Gasteiger partial charge in [0.2, 0.25) is 0 Å². The van der Waals surface area contributed by atoms with Gasteiger partial charge in [-0.2, -0.15) is 5.10 Å². The van der Waals surface area contributed by atoms with Crippen molar-refractivity contribution in [2.45, 2.75) is 46.1 Å². The molecule has 2 unspecified atom stereocenters. The fourth-order valence-electron chi connectivity index (χ4n) is 2.38. The van der Waals surface area contributed by atoms with Crippen LogP contribution in [0.15, 0.2) is 12.3 Å². The van der Waals surface area contributed by atoms with Crippen LogP contribution in [0.2, 0.25) is 0 Å². The summed E-state index contributed by atoms with van der Waals surface area (Å²) in [5.74, 6) is -0.536. The van der Waals surface area contributed by atoms with Crippen molar-refractivity contribution in [3.05, 3.63) is 18.0 Å². The van der Waals surface area contributed by atoms with Crippen molar-refractivity contribution < 1.29 is 14.3 Å². The fraction of sp³-hybridized carbons (Fsp3) is 0.643. The number of ether oxygens (including phenoxy) is 1. The Morgan fingerprint density at radius 1 is 1.63 bits per heavy atom. The summed E-state index contributed by atoms with van der Waals surface area (Å²) in [6.45, 7) is 5.96. The zero-order valence-corrected chi connectivity index (χ0v) is 11.7. The Labute approximate surface area is 112 Å². The van der Waals surface area contributed by atoms with E-state index in [4.69, 9.17) is 4.74 Å². The van der Waals surface area contributed by atoms with Crippen LogP contribution in [0.25, 0.3) is 0 Å². The Balaban J connectivity index is 2.21. The average molecular weight is 264 g/mol. The number of hydrogen-bond acceptors (Lipinski definition) is 4. The Kier molecular flexibility index (Phi) is 3.73. The predicted molar refractivity (Wildman–Crippen MR) is 69.6 cm³/mol. The molecule has 1 aromatic rings. The molecule has 1 aliphatic rings. The number of rotatable bonds is 5. The number of cyclic esters (lactones) is 1. The number of aromatic nitrogens is 2. The molecule has 0 aromatic carbocycles. The van der Waals surface area contributed by atoms with Crippen LogP contribution in [0.5, 0.6) is 0 Å². The van der Waals surface area contributed by atoms with E-state index >= 15 is 0 Å². The van der Waals surface area contributed by atoms with Crippen molar-refractivity contribution in [3.8, 4) is 0 Å². The zero-order valence-electron chi connectivity index (χ0n) is 11.7. The summed E-state index contributed by atoms with van der Waals surface area (Å²) in [6, 6.07) is 2.19. The number of nitrogens with zero attached hydrogens (tertiary/aromatic N) is 2. The molecule has 2 rings (SSSR count). The van der Waals surface area contributed by atoms with Crippen LogP contribution in [0, 0.1) is 5.41 Å². The van der Waals surface area contributed by atoms with Crippen molar-refractivity contribution in [1.29, 1.82) is 0 Å². The van der Waals surface area contributed by atoms with Gasteiger partial charge in [-0.3, -0.25) is 14.3 Å². The maximum Gasteiger partial charge on any atom is 0.320 e. The Morgan fingerprint density at radius 3 is 2.89 bits per heavy atom. The lowest BCUT2D eigenvalue weighted by atomic mass is 9.78. The molecule has 0 bridgehead atoms. The average Bonchev–Trinajstić information content (AvgIpc) is 2.97.